The zero-order chi connectivity index (χ0) is 14.7. The van der Waals surface area contributed by atoms with E-state index in [0.29, 0.717) is 18.0 Å². The molecule has 3 nitrogen and oxygen atoms in total. The molecule has 0 unspecified atom stereocenters. The van der Waals surface area contributed by atoms with Gasteiger partial charge in [-0.1, -0.05) is 46.3 Å². The Labute approximate surface area is 130 Å². The van der Waals surface area contributed by atoms with E-state index in [9.17, 15) is 4.79 Å². The van der Waals surface area contributed by atoms with Crippen LogP contribution in [0.2, 0.25) is 0 Å². The molecule has 1 aromatic heterocycles. The van der Waals surface area contributed by atoms with E-state index in [4.69, 9.17) is 9.15 Å². The van der Waals surface area contributed by atoms with E-state index < -0.39 is 0 Å². The number of hydrogen-bond donors (Lipinski definition) is 0. The minimum atomic E-state index is -0.152. The predicted molar refractivity (Wildman–Crippen MR) is 84.3 cm³/mol. The van der Waals surface area contributed by atoms with Gasteiger partial charge < -0.3 is 9.15 Å². The van der Waals surface area contributed by atoms with Crippen LogP contribution in [0.4, 0.5) is 0 Å². The first-order chi connectivity index (χ1) is 10.2. The number of hydrogen-bond acceptors (Lipinski definition) is 3. The van der Waals surface area contributed by atoms with E-state index in [1.54, 1.807) is 6.07 Å². The van der Waals surface area contributed by atoms with Gasteiger partial charge in [0.15, 0.2) is 5.76 Å². The molecular weight excluding hydrogens is 332 g/mol. The van der Waals surface area contributed by atoms with Gasteiger partial charge in [0.05, 0.1) is 6.61 Å². The highest BCUT2D eigenvalue weighted by Gasteiger charge is 2.12. The molecule has 0 saturated carbocycles. The van der Waals surface area contributed by atoms with Gasteiger partial charge in [-0.3, -0.25) is 4.79 Å². The summed E-state index contributed by atoms with van der Waals surface area (Å²) in [6.07, 6.45) is 0. The fourth-order valence-corrected chi connectivity index (χ4v) is 2.53. The number of fused-ring (bicyclic) bond motifs is 1. The number of benzene rings is 2. The van der Waals surface area contributed by atoms with Crippen molar-refractivity contribution in [3.63, 3.8) is 0 Å². The normalized spacial score (nSPS) is 10.9. The lowest BCUT2D eigenvalue weighted by molar-refractivity contribution is 0.0702. The predicted octanol–water partition coefficient (Wildman–Crippen LogP) is 4.59. The van der Waals surface area contributed by atoms with Gasteiger partial charge in [0, 0.05) is 9.86 Å². The molecule has 2 aromatic carbocycles. The van der Waals surface area contributed by atoms with Crippen LogP contribution in [0.1, 0.15) is 16.1 Å². The largest absolute Gasteiger partial charge is 0.453 e. The van der Waals surface area contributed by atoms with Crippen LogP contribution in [0.25, 0.3) is 11.0 Å². The van der Waals surface area contributed by atoms with Gasteiger partial charge in [0.25, 0.3) is 0 Å². The molecule has 0 aliphatic rings. The number of ether oxygens (including phenoxy) is 1. The monoisotopic (exact) mass is 344 g/mol. The highest BCUT2D eigenvalue weighted by Crippen LogP contribution is 2.19. The van der Waals surface area contributed by atoms with Gasteiger partial charge in [-0.25, -0.2) is 0 Å². The summed E-state index contributed by atoms with van der Waals surface area (Å²) in [5, 5.41) is 0.924. The molecule has 0 amide bonds. The second-order valence-corrected chi connectivity index (χ2v) is 5.61. The second-order valence-electron chi connectivity index (χ2n) is 4.69. The highest BCUT2D eigenvalue weighted by molar-refractivity contribution is 9.10. The Morgan fingerprint density at radius 3 is 2.76 bits per heavy atom. The molecule has 0 fully saturated rings. The minimum absolute atomic E-state index is 0.00628. The molecule has 0 atom stereocenters. The number of rotatable bonds is 5. The van der Waals surface area contributed by atoms with Gasteiger partial charge in [-0.15, -0.1) is 0 Å². The Bertz CT molecular complexity index is 743. The third-order valence-corrected chi connectivity index (χ3v) is 3.58. The number of furan rings is 1. The molecular formula is C17H13BrO3. The zero-order valence-corrected chi connectivity index (χ0v) is 12.8. The number of ketones is 1. The Balaban J connectivity index is 1.61. The second kappa shape index (κ2) is 6.24. The van der Waals surface area contributed by atoms with Crippen molar-refractivity contribution in [2.24, 2.45) is 0 Å². The lowest BCUT2D eigenvalue weighted by atomic mass is 10.2. The van der Waals surface area contributed by atoms with Crippen LogP contribution in [-0.4, -0.2) is 12.4 Å². The summed E-state index contributed by atoms with van der Waals surface area (Å²) in [5.41, 5.74) is 1.73. The van der Waals surface area contributed by atoms with Crippen LogP contribution in [0.3, 0.4) is 0 Å². The first-order valence-electron chi connectivity index (χ1n) is 6.56. The van der Waals surface area contributed by atoms with Gasteiger partial charge in [-0.2, -0.15) is 0 Å². The molecule has 4 heteroatoms. The molecule has 3 aromatic rings. The molecule has 21 heavy (non-hydrogen) atoms. The Morgan fingerprint density at radius 1 is 1.10 bits per heavy atom. The Morgan fingerprint density at radius 2 is 1.95 bits per heavy atom. The SMILES string of the molecule is O=C(COCc1cccc(Br)c1)c1cc2ccccc2o1. The molecule has 0 bridgehead atoms. The van der Waals surface area contributed by atoms with Gasteiger partial charge >= 0.3 is 0 Å². The van der Waals surface area contributed by atoms with Crippen molar-refractivity contribution in [2.45, 2.75) is 6.61 Å². The summed E-state index contributed by atoms with van der Waals surface area (Å²) in [6.45, 7) is 0.401. The summed E-state index contributed by atoms with van der Waals surface area (Å²) >= 11 is 3.40. The first kappa shape index (κ1) is 14.0. The van der Waals surface area contributed by atoms with E-state index in [-0.39, 0.29) is 12.4 Å². The van der Waals surface area contributed by atoms with Crippen molar-refractivity contribution in [3.8, 4) is 0 Å². The molecule has 1 heterocycles. The summed E-state index contributed by atoms with van der Waals surface area (Å²) in [6, 6.07) is 17.1. The van der Waals surface area contributed by atoms with E-state index in [1.165, 1.54) is 0 Å². The van der Waals surface area contributed by atoms with Crippen LogP contribution in [0.15, 0.2) is 63.5 Å². The Hall–Kier alpha value is -1.91. The topological polar surface area (TPSA) is 39.4 Å². The smallest absolute Gasteiger partial charge is 0.223 e. The number of Topliss-reactive ketones (excluding diaryl/α,β-unsaturated/α-hetero) is 1. The number of para-hydroxylation sites is 1. The number of halogens is 1. The quantitative estimate of drug-likeness (QED) is 0.635. The molecule has 0 spiro atoms. The van der Waals surface area contributed by atoms with Crippen molar-refractivity contribution >= 4 is 32.7 Å². The van der Waals surface area contributed by atoms with Crippen molar-refractivity contribution < 1.29 is 13.9 Å². The van der Waals surface area contributed by atoms with Gasteiger partial charge in [-0.05, 0) is 29.8 Å². The van der Waals surface area contributed by atoms with E-state index in [2.05, 4.69) is 15.9 Å². The molecule has 0 aliphatic carbocycles. The highest BCUT2D eigenvalue weighted by atomic mass is 79.9. The van der Waals surface area contributed by atoms with Crippen molar-refractivity contribution in [2.75, 3.05) is 6.61 Å². The van der Waals surface area contributed by atoms with E-state index >= 15 is 0 Å². The fraction of sp³-hybridized carbons (Fsp3) is 0.118. The summed E-state index contributed by atoms with van der Waals surface area (Å²) in [4.78, 5) is 12.0. The number of carbonyl (C=O) groups excluding carboxylic acids is 1. The van der Waals surface area contributed by atoms with Crippen molar-refractivity contribution in [3.05, 3.63) is 70.4 Å². The van der Waals surface area contributed by atoms with E-state index in [1.807, 2.05) is 48.5 Å². The molecule has 0 N–H and O–H groups in total. The number of carbonyl (C=O) groups is 1. The maximum Gasteiger partial charge on any atom is 0.223 e. The summed E-state index contributed by atoms with van der Waals surface area (Å²) in [7, 11) is 0. The van der Waals surface area contributed by atoms with Crippen LogP contribution in [-0.2, 0) is 11.3 Å². The molecule has 0 saturated heterocycles. The third-order valence-electron chi connectivity index (χ3n) is 3.09. The van der Waals surface area contributed by atoms with Gasteiger partial charge in [0.1, 0.15) is 12.2 Å². The lowest BCUT2D eigenvalue weighted by Crippen LogP contribution is -2.08. The molecule has 106 valence electrons. The Kier molecular flexibility index (Phi) is 4.18. The average Bonchev–Trinajstić information content (AvgIpc) is 2.91. The lowest BCUT2D eigenvalue weighted by Gasteiger charge is -2.03. The molecule has 3 rings (SSSR count). The van der Waals surface area contributed by atoms with E-state index in [0.717, 1.165) is 15.4 Å². The minimum Gasteiger partial charge on any atom is -0.453 e. The first-order valence-corrected chi connectivity index (χ1v) is 7.35. The average molecular weight is 345 g/mol. The summed E-state index contributed by atoms with van der Waals surface area (Å²) < 4.78 is 12.0. The standard InChI is InChI=1S/C17H13BrO3/c18-14-6-3-4-12(8-14)10-20-11-15(19)17-9-13-5-1-2-7-16(13)21-17/h1-9H,10-11H2. The van der Waals surface area contributed by atoms with Crippen LogP contribution >= 0.6 is 15.9 Å². The van der Waals surface area contributed by atoms with Crippen LogP contribution < -0.4 is 0 Å². The van der Waals surface area contributed by atoms with Crippen LogP contribution in [0.5, 0.6) is 0 Å². The van der Waals surface area contributed by atoms with Crippen LogP contribution in [0, 0.1) is 0 Å². The van der Waals surface area contributed by atoms with Crippen molar-refractivity contribution in [1.82, 2.24) is 0 Å². The molecule has 0 radical (unpaired) electrons. The third kappa shape index (κ3) is 3.40. The van der Waals surface area contributed by atoms with Crippen molar-refractivity contribution in [1.29, 1.82) is 0 Å². The summed E-state index contributed by atoms with van der Waals surface area (Å²) in [5.74, 6) is 0.187. The fourth-order valence-electron chi connectivity index (χ4n) is 2.08. The maximum absolute atomic E-state index is 12.0. The van der Waals surface area contributed by atoms with Gasteiger partial charge in [0.2, 0.25) is 5.78 Å². The molecule has 0 aliphatic heterocycles. The maximum atomic E-state index is 12.0. The zero-order valence-electron chi connectivity index (χ0n) is 11.2.